The van der Waals surface area contributed by atoms with Crippen LogP contribution >= 0.6 is 0 Å². The minimum absolute atomic E-state index is 0.0346. The number of hydrogen-bond acceptors (Lipinski definition) is 5. The van der Waals surface area contributed by atoms with E-state index in [0.29, 0.717) is 16.9 Å². The van der Waals surface area contributed by atoms with Crippen LogP contribution in [0.5, 0.6) is 11.5 Å². The lowest BCUT2D eigenvalue weighted by atomic mass is 10.0. The lowest BCUT2D eigenvalue weighted by Gasteiger charge is -2.15. The van der Waals surface area contributed by atoms with Crippen LogP contribution in [0, 0.1) is 0 Å². The number of aromatic nitrogens is 2. The third kappa shape index (κ3) is 6.45. The van der Waals surface area contributed by atoms with E-state index in [2.05, 4.69) is 20.5 Å². The maximum absolute atomic E-state index is 13.0. The van der Waals surface area contributed by atoms with Gasteiger partial charge in [-0.2, -0.15) is 9.78 Å². The van der Waals surface area contributed by atoms with E-state index >= 15 is 0 Å². The van der Waals surface area contributed by atoms with E-state index in [1.165, 1.54) is 35.0 Å². The predicted molar refractivity (Wildman–Crippen MR) is 135 cm³/mol. The van der Waals surface area contributed by atoms with Gasteiger partial charge in [0.05, 0.1) is 11.4 Å². The summed E-state index contributed by atoms with van der Waals surface area (Å²) in [6, 6.07) is 10.4. The summed E-state index contributed by atoms with van der Waals surface area (Å²) in [6.07, 6.45) is -0.0548. The van der Waals surface area contributed by atoms with Gasteiger partial charge in [-0.15, -0.1) is 13.2 Å². The zero-order valence-electron chi connectivity index (χ0n) is 21.0. The number of rotatable bonds is 7. The summed E-state index contributed by atoms with van der Waals surface area (Å²) < 4.78 is 42.3. The Labute approximate surface area is 217 Å². The molecule has 202 valence electrons. The number of carbonyl (C=O) groups excluding carboxylic acids is 2. The highest BCUT2D eigenvalue weighted by Gasteiger charge is 2.31. The first-order valence-electron chi connectivity index (χ1n) is 12.5. The molecule has 0 spiro atoms. The molecule has 0 radical (unpaired) electrons. The number of phenolic OH excluding ortho intramolecular Hbond substituents is 1. The van der Waals surface area contributed by atoms with Gasteiger partial charge in [-0.3, -0.25) is 4.79 Å². The van der Waals surface area contributed by atoms with E-state index in [4.69, 9.17) is 0 Å². The number of hydrogen-bond donors (Lipinski definition) is 3. The number of carbonyl (C=O) groups is 2. The molecule has 3 N–H and O–H groups in total. The van der Waals surface area contributed by atoms with Gasteiger partial charge in [-0.05, 0) is 74.7 Å². The van der Waals surface area contributed by atoms with Crippen LogP contribution < -0.4 is 15.4 Å². The highest BCUT2D eigenvalue weighted by Crippen LogP contribution is 2.38. The maximum atomic E-state index is 13.0. The smallest absolute Gasteiger partial charge is 0.507 e. The van der Waals surface area contributed by atoms with Crippen LogP contribution in [0.2, 0.25) is 0 Å². The second kappa shape index (κ2) is 11.2. The summed E-state index contributed by atoms with van der Waals surface area (Å²) in [7, 11) is 0. The fourth-order valence-electron chi connectivity index (χ4n) is 4.41. The van der Waals surface area contributed by atoms with Gasteiger partial charge in [0.2, 0.25) is 0 Å². The molecule has 1 aliphatic carbocycles. The zero-order valence-corrected chi connectivity index (χ0v) is 21.0. The number of aromatic hydroxyl groups is 1. The molecule has 1 saturated carbocycles. The SMILES string of the molecule is CCC(C)NC(=O)n1nc(-c2cc(NC(=O)c3ccc(OC(F)(F)F)cc3)ccc2O)cc1C1CCCC1. The van der Waals surface area contributed by atoms with Gasteiger partial charge in [-0.1, -0.05) is 19.8 Å². The molecule has 1 unspecified atom stereocenters. The molecule has 3 aromatic rings. The first kappa shape index (κ1) is 27.0. The summed E-state index contributed by atoms with van der Waals surface area (Å²) in [4.78, 5) is 25.7. The number of halogens is 3. The molecule has 1 aliphatic rings. The summed E-state index contributed by atoms with van der Waals surface area (Å²) >= 11 is 0. The maximum Gasteiger partial charge on any atom is 0.573 e. The lowest BCUT2D eigenvalue weighted by molar-refractivity contribution is -0.274. The van der Waals surface area contributed by atoms with E-state index in [1.807, 2.05) is 13.8 Å². The zero-order chi connectivity index (χ0) is 27.4. The van der Waals surface area contributed by atoms with Crippen molar-refractivity contribution in [3.05, 3.63) is 59.8 Å². The average molecular weight is 531 g/mol. The molecule has 8 nitrogen and oxygen atoms in total. The van der Waals surface area contributed by atoms with Gasteiger partial charge >= 0.3 is 12.4 Å². The summed E-state index contributed by atoms with van der Waals surface area (Å²) in [5.41, 5.74) is 1.93. The van der Waals surface area contributed by atoms with Crippen molar-refractivity contribution < 1.29 is 32.6 Å². The van der Waals surface area contributed by atoms with E-state index in [9.17, 15) is 27.9 Å². The molecular weight excluding hydrogens is 501 g/mol. The molecule has 2 amide bonds. The van der Waals surface area contributed by atoms with Crippen LogP contribution in [-0.2, 0) is 0 Å². The number of ether oxygens (including phenoxy) is 1. The molecule has 1 atom stereocenters. The normalized spacial score (nSPS) is 14.8. The van der Waals surface area contributed by atoms with Gasteiger partial charge < -0.3 is 20.5 Å². The van der Waals surface area contributed by atoms with Crippen LogP contribution in [0.1, 0.15) is 67.9 Å². The van der Waals surface area contributed by atoms with Crippen LogP contribution in [0.4, 0.5) is 23.7 Å². The molecule has 1 aromatic heterocycles. The van der Waals surface area contributed by atoms with Crippen molar-refractivity contribution in [1.82, 2.24) is 15.1 Å². The summed E-state index contributed by atoms with van der Waals surface area (Å²) in [5, 5.41) is 20.7. The van der Waals surface area contributed by atoms with E-state index < -0.39 is 18.0 Å². The number of anilines is 1. The summed E-state index contributed by atoms with van der Waals surface area (Å²) in [6.45, 7) is 3.88. The molecule has 4 rings (SSSR count). The van der Waals surface area contributed by atoms with Gasteiger partial charge in [-0.25, -0.2) is 4.79 Å². The number of alkyl halides is 3. The van der Waals surface area contributed by atoms with Gasteiger partial charge in [0.25, 0.3) is 5.91 Å². The van der Waals surface area contributed by atoms with Crippen LogP contribution in [0.15, 0.2) is 48.5 Å². The molecule has 0 bridgehead atoms. The fourth-order valence-corrected chi connectivity index (χ4v) is 4.41. The summed E-state index contributed by atoms with van der Waals surface area (Å²) in [5.74, 6) is -0.910. The Morgan fingerprint density at radius 2 is 1.82 bits per heavy atom. The van der Waals surface area contributed by atoms with Crippen LogP contribution in [0.25, 0.3) is 11.3 Å². The second-order valence-corrected chi connectivity index (χ2v) is 9.36. The largest absolute Gasteiger partial charge is 0.573 e. The monoisotopic (exact) mass is 530 g/mol. The van der Waals surface area contributed by atoms with Crippen LogP contribution in [0.3, 0.4) is 0 Å². The minimum atomic E-state index is -4.83. The van der Waals surface area contributed by atoms with Gasteiger partial charge in [0.15, 0.2) is 0 Å². The Morgan fingerprint density at radius 1 is 1.13 bits per heavy atom. The third-order valence-corrected chi connectivity index (χ3v) is 6.57. The molecule has 2 aromatic carbocycles. The Morgan fingerprint density at radius 3 is 2.45 bits per heavy atom. The quantitative estimate of drug-likeness (QED) is 0.306. The standard InChI is InChI=1S/C27H29F3N4O4/c1-3-16(2)31-26(37)34-23(17-6-4-5-7-17)15-22(33-34)21-14-19(10-13-24(21)35)32-25(36)18-8-11-20(12-9-18)38-27(28,29)30/h8-17,35H,3-7H2,1-2H3,(H,31,37)(H,32,36). The number of nitrogens with one attached hydrogen (secondary N) is 2. The van der Waals surface area contributed by atoms with E-state index in [0.717, 1.165) is 49.9 Å². The van der Waals surface area contributed by atoms with Gasteiger partial charge in [0.1, 0.15) is 11.5 Å². The number of amides is 2. The lowest BCUT2D eigenvalue weighted by Crippen LogP contribution is -2.37. The van der Waals surface area contributed by atoms with Crippen molar-refractivity contribution in [2.24, 2.45) is 0 Å². The highest BCUT2D eigenvalue weighted by molar-refractivity contribution is 6.04. The van der Waals surface area contributed by atoms with Gasteiger partial charge in [0, 0.05) is 28.8 Å². The Kier molecular flexibility index (Phi) is 7.94. The Bertz CT molecular complexity index is 1300. The molecule has 0 aliphatic heterocycles. The van der Waals surface area contributed by atoms with Crippen molar-refractivity contribution in [2.45, 2.75) is 64.3 Å². The first-order valence-corrected chi connectivity index (χ1v) is 12.5. The molecule has 0 saturated heterocycles. The second-order valence-electron chi connectivity index (χ2n) is 9.36. The molecule has 1 heterocycles. The topological polar surface area (TPSA) is 105 Å². The number of phenols is 1. The van der Waals surface area contributed by atoms with Crippen molar-refractivity contribution in [2.75, 3.05) is 5.32 Å². The molecule has 38 heavy (non-hydrogen) atoms. The van der Waals surface area contributed by atoms with E-state index in [-0.39, 0.29) is 29.3 Å². The van der Waals surface area contributed by atoms with E-state index in [1.54, 1.807) is 6.07 Å². The number of nitrogens with zero attached hydrogens (tertiary/aromatic N) is 2. The average Bonchev–Trinajstić information content (AvgIpc) is 3.55. The van der Waals surface area contributed by atoms with Crippen LogP contribution in [-0.4, -0.2) is 39.2 Å². The van der Waals surface area contributed by atoms with Crippen molar-refractivity contribution in [3.63, 3.8) is 0 Å². The fraction of sp³-hybridized carbons (Fsp3) is 0.370. The number of benzene rings is 2. The Balaban J connectivity index is 1.58. The predicted octanol–water partition coefficient (Wildman–Crippen LogP) is 6.42. The molecular formula is C27H29F3N4O4. The van der Waals surface area contributed by atoms with Crippen molar-refractivity contribution in [1.29, 1.82) is 0 Å². The molecule has 1 fully saturated rings. The minimum Gasteiger partial charge on any atom is -0.507 e. The van der Waals surface area contributed by atoms with Crippen molar-refractivity contribution in [3.8, 4) is 22.8 Å². The third-order valence-electron chi connectivity index (χ3n) is 6.57. The Hall–Kier alpha value is -4.02. The van der Waals surface area contributed by atoms with Crippen molar-refractivity contribution >= 4 is 17.6 Å². The first-order chi connectivity index (χ1) is 18.0. The highest BCUT2D eigenvalue weighted by atomic mass is 19.4. The molecule has 11 heteroatoms.